The van der Waals surface area contributed by atoms with E-state index in [0.717, 1.165) is 12.0 Å². The van der Waals surface area contributed by atoms with Gasteiger partial charge >= 0.3 is 5.97 Å². The van der Waals surface area contributed by atoms with Gasteiger partial charge in [0.2, 0.25) is 0 Å². The lowest BCUT2D eigenvalue weighted by molar-refractivity contribution is -0.134. The average molecular weight is 232 g/mol. The lowest BCUT2D eigenvalue weighted by Gasteiger charge is -2.38. The smallest absolute Gasteiger partial charge is 0.331 e. The first kappa shape index (κ1) is 12.2. The highest BCUT2D eigenvalue weighted by Gasteiger charge is 2.32. The summed E-state index contributed by atoms with van der Waals surface area (Å²) in [5, 5.41) is 0. The van der Waals surface area contributed by atoms with E-state index in [2.05, 4.69) is 26.5 Å². The first-order valence-electron chi connectivity index (χ1n) is 6.22. The van der Waals surface area contributed by atoms with Crippen LogP contribution in [0.3, 0.4) is 0 Å². The van der Waals surface area contributed by atoms with Crippen LogP contribution in [0.25, 0.3) is 0 Å². The first-order chi connectivity index (χ1) is 7.99. The Morgan fingerprint density at radius 2 is 2.29 bits per heavy atom. The van der Waals surface area contributed by atoms with E-state index in [0.29, 0.717) is 12.5 Å². The van der Waals surface area contributed by atoms with Gasteiger partial charge in [-0.1, -0.05) is 38.2 Å². The molecule has 0 aromatic heterocycles. The Hall–Kier alpha value is -1.31. The van der Waals surface area contributed by atoms with Gasteiger partial charge in [0.25, 0.3) is 0 Å². The first-order valence-corrected chi connectivity index (χ1v) is 6.22. The van der Waals surface area contributed by atoms with Gasteiger partial charge in [-0.25, -0.2) is 4.79 Å². The second kappa shape index (κ2) is 4.52. The van der Waals surface area contributed by atoms with Gasteiger partial charge in [0.05, 0.1) is 0 Å². The third-order valence-electron chi connectivity index (χ3n) is 3.79. The summed E-state index contributed by atoms with van der Waals surface area (Å²) < 4.78 is 4.88. The van der Waals surface area contributed by atoms with Crippen molar-refractivity contribution in [3.63, 3.8) is 0 Å². The van der Waals surface area contributed by atoms with Gasteiger partial charge in [0.1, 0.15) is 6.61 Å². The molecule has 0 aromatic carbocycles. The molecule has 2 rings (SSSR count). The van der Waals surface area contributed by atoms with E-state index in [1.54, 1.807) is 6.08 Å². The molecule has 0 bridgehead atoms. The number of rotatable bonds is 2. The minimum atomic E-state index is -0.230. The molecular weight excluding hydrogens is 212 g/mol. The van der Waals surface area contributed by atoms with Crippen LogP contribution in [0.4, 0.5) is 0 Å². The van der Waals surface area contributed by atoms with E-state index in [1.165, 1.54) is 18.4 Å². The zero-order chi connectivity index (χ0) is 12.5. The van der Waals surface area contributed by atoms with Crippen molar-refractivity contribution in [2.75, 3.05) is 6.61 Å². The monoisotopic (exact) mass is 232 g/mol. The molecule has 0 radical (unpaired) electrons. The van der Waals surface area contributed by atoms with E-state index in [4.69, 9.17) is 4.74 Å². The van der Waals surface area contributed by atoms with Crippen molar-refractivity contribution in [3.05, 3.63) is 36.0 Å². The maximum Gasteiger partial charge on any atom is 0.331 e. The second-order valence-corrected chi connectivity index (χ2v) is 5.66. The molecule has 0 aromatic rings. The van der Waals surface area contributed by atoms with Crippen LogP contribution < -0.4 is 0 Å². The lowest BCUT2D eigenvalue weighted by Crippen LogP contribution is -2.27. The predicted octanol–water partition coefficient (Wildman–Crippen LogP) is 3.41. The van der Waals surface area contributed by atoms with Crippen LogP contribution in [-0.2, 0) is 9.53 Å². The summed E-state index contributed by atoms with van der Waals surface area (Å²) in [6.45, 7) is 9.17. The highest BCUT2D eigenvalue weighted by molar-refractivity contribution is 5.85. The Kier molecular flexibility index (Phi) is 3.23. The summed E-state index contributed by atoms with van der Waals surface area (Å²) in [6.07, 6.45) is 9.36. The van der Waals surface area contributed by atoms with Gasteiger partial charge in [-0.3, -0.25) is 0 Å². The zero-order valence-electron chi connectivity index (χ0n) is 10.7. The zero-order valence-corrected chi connectivity index (χ0v) is 10.7. The summed E-state index contributed by atoms with van der Waals surface area (Å²) in [5.41, 5.74) is 2.54. The minimum absolute atomic E-state index is 0.230. The maximum atomic E-state index is 10.9. The number of esters is 1. The van der Waals surface area contributed by atoms with Gasteiger partial charge < -0.3 is 4.74 Å². The molecule has 0 spiro atoms. The van der Waals surface area contributed by atoms with Crippen molar-refractivity contribution in [1.82, 2.24) is 0 Å². The van der Waals surface area contributed by atoms with E-state index in [1.807, 2.05) is 6.08 Å². The van der Waals surface area contributed by atoms with E-state index < -0.39 is 0 Å². The van der Waals surface area contributed by atoms with Crippen molar-refractivity contribution in [1.29, 1.82) is 0 Å². The summed E-state index contributed by atoms with van der Waals surface area (Å²) in [6, 6.07) is 0. The summed E-state index contributed by atoms with van der Waals surface area (Å²) in [4.78, 5) is 10.9. The highest BCUT2D eigenvalue weighted by atomic mass is 16.5. The van der Waals surface area contributed by atoms with Crippen molar-refractivity contribution in [2.45, 2.75) is 33.1 Å². The third-order valence-corrected chi connectivity index (χ3v) is 3.79. The Morgan fingerprint density at radius 3 is 2.88 bits per heavy atom. The molecule has 2 heteroatoms. The molecule has 1 saturated carbocycles. The molecule has 17 heavy (non-hydrogen) atoms. The molecule has 1 fully saturated rings. The van der Waals surface area contributed by atoms with Gasteiger partial charge in [-0.15, -0.1) is 0 Å². The number of carbonyl (C=O) groups is 1. The molecule has 0 amide bonds. The van der Waals surface area contributed by atoms with Gasteiger partial charge in [-0.05, 0) is 30.3 Å². The summed E-state index contributed by atoms with van der Waals surface area (Å²) in [5.74, 6) is 0.180. The van der Waals surface area contributed by atoms with Crippen LogP contribution in [0, 0.1) is 11.3 Å². The van der Waals surface area contributed by atoms with Gasteiger partial charge in [0, 0.05) is 12.0 Å². The molecule has 2 aliphatic rings. The number of cyclic esters (lactones) is 1. The molecule has 1 aliphatic heterocycles. The molecule has 92 valence electrons. The van der Waals surface area contributed by atoms with Crippen molar-refractivity contribution >= 4 is 5.97 Å². The van der Waals surface area contributed by atoms with Crippen LogP contribution in [0.2, 0.25) is 0 Å². The quantitative estimate of drug-likeness (QED) is 0.538. The Balaban J connectivity index is 2.10. The van der Waals surface area contributed by atoms with Crippen molar-refractivity contribution < 1.29 is 9.53 Å². The molecule has 1 heterocycles. The van der Waals surface area contributed by atoms with Crippen LogP contribution in [0.1, 0.15) is 33.1 Å². The van der Waals surface area contributed by atoms with Gasteiger partial charge in [0.15, 0.2) is 0 Å². The molecule has 0 unspecified atom stereocenters. The molecule has 0 N–H and O–H groups in total. The van der Waals surface area contributed by atoms with Crippen molar-refractivity contribution in [3.8, 4) is 0 Å². The normalized spacial score (nSPS) is 28.4. The van der Waals surface area contributed by atoms with E-state index in [9.17, 15) is 4.79 Å². The molecule has 0 saturated heterocycles. The number of ether oxygens (including phenoxy) is 1. The number of hydrogen-bond acceptors (Lipinski definition) is 2. The third kappa shape index (κ3) is 2.68. The molecule has 1 aliphatic carbocycles. The van der Waals surface area contributed by atoms with Crippen LogP contribution in [0.5, 0.6) is 0 Å². The number of carbonyl (C=O) groups excluding carboxylic acids is 1. The standard InChI is InChI=1S/C15H20O2/c1-11-5-4-8-15(2,3)13(11)7-6-12-9-14(16)17-10-12/h6-7,9,13H,1,4-5,8,10H2,2-3H3/b7-6+/t13-/m0/s1. The predicted molar refractivity (Wildman–Crippen MR) is 68.4 cm³/mol. The Labute approximate surface area is 103 Å². The van der Waals surface area contributed by atoms with Crippen molar-refractivity contribution in [2.24, 2.45) is 11.3 Å². The lowest BCUT2D eigenvalue weighted by atomic mass is 9.66. The maximum absolute atomic E-state index is 10.9. The van der Waals surface area contributed by atoms with E-state index in [-0.39, 0.29) is 11.4 Å². The molecular formula is C15H20O2. The van der Waals surface area contributed by atoms with Crippen LogP contribution in [0.15, 0.2) is 36.0 Å². The fourth-order valence-corrected chi connectivity index (χ4v) is 2.74. The fraction of sp³-hybridized carbons (Fsp3) is 0.533. The fourth-order valence-electron chi connectivity index (χ4n) is 2.74. The summed E-state index contributed by atoms with van der Waals surface area (Å²) in [7, 11) is 0. The molecule has 1 atom stereocenters. The van der Waals surface area contributed by atoms with E-state index >= 15 is 0 Å². The van der Waals surface area contributed by atoms with Crippen LogP contribution in [-0.4, -0.2) is 12.6 Å². The number of hydrogen-bond donors (Lipinski definition) is 0. The number of allylic oxidation sites excluding steroid dienone is 2. The topological polar surface area (TPSA) is 26.3 Å². The highest BCUT2D eigenvalue weighted by Crippen LogP contribution is 2.43. The molecule has 2 nitrogen and oxygen atoms in total. The average Bonchev–Trinajstić information content (AvgIpc) is 2.62. The Bertz CT molecular complexity index is 399. The van der Waals surface area contributed by atoms with Gasteiger partial charge in [-0.2, -0.15) is 0 Å². The summed E-state index contributed by atoms with van der Waals surface area (Å²) >= 11 is 0. The largest absolute Gasteiger partial charge is 0.458 e. The second-order valence-electron chi connectivity index (χ2n) is 5.66. The van der Waals surface area contributed by atoms with Crippen LogP contribution >= 0.6 is 0 Å². The SMILES string of the molecule is C=C1CCCC(C)(C)[C@H]1/C=C/C1=CC(=O)OC1. The Morgan fingerprint density at radius 1 is 1.53 bits per heavy atom. The minimum Gasteiger partial charge on any atom is -0.458 e.